The van der Waals surface area contributed by atoms with Crippen molar-refractivity contribution < 1.29 is 19.4 Å². The highest BCUT2D eigenvalue weighted by Crippen LogP contribution is 2.12. The van der Waals surface area contributed by atoms with Crippen molar-refractivity contribution in [2.45, 2.75) is 32.4 Å². The molecule has 0 aromatic heterocycles. The Hall–Kier alpha value is -1.30. The van der Waals surface area contributed by atoms with E-state index < -0.39 is 23.7 Å². The average Bonchev–Trinajstić information content (AvgIpc) is 1.95. The van der Waals surface area contributed by atoms with Gasteiger partial charge in [0.15, 0.2) is 0 Å². The molecule has 0 spiro atoms. The van der Waals surface area contributed by atoms with E-state index in [1.165, 1.54) is 0 Å². The molecule has 0 radical (unpaired) electrons. The van der Waals surface area contributed by atoms with E-state index in [1.54, 1.807) is 20.8 Å². The van der Waals surface area contributed by atoms with Crippen LogP contribution < -0.4 is 10.6 Å². The van der Waals surface area contributed by atoms with Crippen molar-refractivity contribution >= 4 is 12.1 Å². The molecule has 1 aliphatic rings. The van der Waals surface area contributed by atoms with Crippen LogP contribution in [0.2, 0.25) is 0 Å². The molecule has 1 rings (SSSR count). The van der Waals surface area contributed by atoms with Crippen molar-refractivity contribution in [1.82, 2.24) is 10.6 Å². The average molecular weight is 230 g/mol. The molecule has 16 heavy (non-hydrogen) atoms. The van der Waals surface area contributed by atoms with E-state index in [4.69, 9.17) is 9.84 Å². The van der Waals surface area contributed by atoms with Gasteiger partial charge < -0.3 is 20.5 Å². The Kier molecular flexibility index (Phi) is 3.74. The Morgan fingerprint density at radius 2 is 2.00 bits per heavy atom. The molecule has 1 amide bonds. The summed E-state index contributed by atoms with van der Waals surface area (Å²) < 4.78 is 5.00. The van der Waals surface area contributed by atoms with Gasteiger partial charge in [0.05, 0.1) is 0 Å². The number of rotatable bonds is 3. The lowest BCUT2D eigenvalue weighted by Crippen LogP contribution is -2.58. The topological polar surface area (TPSA) is 87.7 Å². The second-order valence-corrected chi connectivity index (χ2v) is 4.88. The highest BCUT2D eigenvalue weighted by Gasteiger charge is 2.34. The van der Waals surface area contributed by atoms with E-state index in [2.05, 4.69) is 10.6 Å². The van der Waals surface area contributed by atoms with Crippen molar-refractivity contribution in [3.63, 3.8) is 0 Å². The third-order valence-electron chi connectivity index (χ3n) is 2.22. The van der Waals surface area contributed by atoms with Crippen molar-refractivity contribution in [2.24, 2.45) is 5.92 Å². The summed E-state index contributed by atoms with van der Waals surface area (Å²) in [6.07, 6.45) is -0.688. The summed E-state index contributed by atoms with van der Waals surface area (Å²) in [4.78, 5) is 22.3. The van der Waals surface area contributed by atoms with E-state index in [-0.39, 0.29) is 5.92 Å². The molecule has 0 saturated carbocycles. The molecule has 1 saturated heterocycles. The number of carbonyl (C=O) groups excluding carboxylic acids is 1. The van der Waals surface area contributed by atoms with Gasteiger partial charge in [-0.25, -0.2) is 9.59 Å². The zero-order chi connectivity index (χ0) is 12.3. The Labute approximate surface area is 94.3 Å². The summed E-state index contributed by atoms with van der Waals surface area (Å²) in [5.74, 6) is -1.10. The van der Waals surface area contributed by atoms with Gasteiger partial charge in [-0.05, 0) is 20.8 Å². The predicted octanol–water partition coefficient (Wildman–Crippen LogP) is 0.184. The maximum Gasteiger partial charge on any atom is 0.408 e. The number of hydrogen-bond donors (Lipinski definition) is 3. The quantitative estimate of drug-likeness (QED) is 0.644. The van der Waals surface area contributed by atoms with Crippen LogP contribution in [0.15, 0.2) is 0 Å². The summed E-state index contributed by atoms with van der Waals surface area (Å²) in [5, 5.41) is 14.3. The number of amides is 1. The zero-order valence-electron chi connectivity index (χ0n) is 9.74. The zero-order valence-corrected chi connectivity index (χ0v) is 9.74. The highest BCUT2D eigenvalue weighted by molar-refractivity contribution is 5.80. The number of aliphatic carboxylic acids is 1. The number of carboxylic acids is 1. The van der Waals surface area contributed by atoms with Crippen LogP contribution in [0.5, 0.6) is 0 Å². The molecule has 0 aliphatic carbocycles. The third-order valence-corrected chi connectivity index (χ3v) is 2.22. The SMILES string of the molecule is CC(C)(C)OC(=O)N[C@H](C(=O)O)C1CNC1. The fourth-order valence-electron chi connectivity index (χ4n) is 1.36. The molecule has 0 aromatic carbocycles. The second-order valence-electron chi connectivity index (χ2n) is 4.88. The third kappa shape index (κ3) is 3.69. The molecule has 1 fully saturated rings. The molecule has 1 aliphatic heterocycles. The van der Waals surface area contributed by atoms with Gasteiger partial charge in [-0.2, -0.15) is 0 Å². The summed E-state index contributed by atoms with van der Waals surface area (Å²) in [6.45, 7) is 6.40. The molecule has 3 N–H and O–H groups in total. The second kappa shape index (κ2) is 4.69. The lowest BCUT2D eigenvalue weighted by molar-refractivity contribution is -0.141. The first-order chi connectivity index (χ1) is 7.29. The van der Waals surface area contributed by atoms with Crippen LogP contribution in [0, 0.1) is 5.92 Å². The molecule has 6 heteroatoms. The van der Waals surface area contributed by atoms with Crippen LogP contribution in [-0.2, 0) is 9.53 Å². The smallest absolute Gasteiger partial charge is 0.408 e. The van der Waals surface area contributed by atoms with E-state index in [1.807, 2.05) is 0 Å². The van der Waals surface area contributed by atoms with E-state index in [0.29, 0.717) is 13.1 Å². The molecular formula is C10H18N2O4. The van der Waals surface area contributed by atoms with Crippen LogP contribution in [0.25, 0.3) is 0 Å². The van der Waals surface area contributed by atoms with Gasteiger partial charge in [0.1, 0.15) is 11.6 Å². The molecule has 0 aromatic rings. The van der Waals surface area contributed by atoms with Crippen molar-refractivity contribution in [3.8, 4) is 0 Å². The standard InChI is InChI=1S/C10H18N2O4/c1-10(2,3)16-9(15)12-7(8(13)14)6-4-11-5-6/h6-7,11H,4-5H2,1-3H3,(H,12,15)(H,13,14)/t7-/m0/s1. The minimum Gasteiger partial charge on any atom is -0.480 e. The summed E-state index contributed by atoms with van der Waals surface area (Å²) in [6, 6.07) is -0.879. The fourth-order valence-corrected chi connectivity index (χ4v) is 1.36. The molecule has 0 unspecified atom stereocenters. The van der Waals surface area contributed by atoms with E-state index in [9.17, 15) is 9.59 Å². The molecule has 0 bridgehead atoms. The highest BCUT2D eigenvalue weighted by atomic mass is 16.6. The van der Waals surface area contributed by atoms with Crippen molar-refractivity contribution in [1.29, 1.82) is 0 Å². The predicted molar refractivity (Wildman–Crippen MR) is 57.2 cm³/mol. The van der Waals surface area contributed by atoms with Gasteiger partial charge in [-0.15, -0.1) is 0 Å². The van der Waals surface area contributed by atoms with Gasteiger partial charge in [-0.3, -0.25) is 0 Å². The van der Waals surface area contributed by atoms with Crippen LogP contribution in [0.4, 0.5) is 4.79 Å². The van der Waals surface area contributed by atoms with Gasteiger partial charge in [-0.1, -0.05) is 0 Å². The van der Waals surface area contributed by atoms with Crippen LogP contribution in [0.3, 0.4) is 0 Å². The molecule has 6 nitrogen and oxygen atoms in total. The maximum absolute atomic E-state index is 11.4. The largest absolute Gasteiger partial charge is 0.480 e. The van der Waals surface area contributed by atoms with Crippen molar-refractivity contribution in [2.75, 3.05) is 13.1 Å². The van der Waals surface area contributed by atoms with E-state index in [0.717, 1.165) is 0 Å². The lowest BCUT2D eigenvalue weighted by atomic mass is 9.94. The van der Waals surface area contributed by atoms with Crippen molar-refractivity contribution in [3.05, 3.63) is 0 Å². The van der Waals surface area contributed by atoms with Crippen LogP contribution in [0.1, 0.15) is 20.8 Å². The summed E-state index contributed by atoms with van der Waals surface area (Å²) in [7, 11) is 0. The first-order valence-corrected chi connectivity index (χ1v) is 5.22. The molecule has 1 atom stereocenters. The number of carbonyl (C=O) groups is 2. The monoisotopic (exact) mass is 230 g/mol. The molecular weight excluding hydrogens is 212 g/mol. The molecule has 1 heterocycles. The minimum absolute atomic E-state index is 0.0648. The van der Waals surface area contributed by atoms with Crippen LogP contribution >= 0.6 is 0 Å². The van der Waals surface area contributed by atoms with Gasteiger partial charge >= 0.3 is 12.1 Å². The van der Waals surface area contributed by atoms with Gasteiger partial charge in [0.2, 0.25) is 0 Å². The Morgan fingerprint density at radius 1 is 1.44 bits per heavy atom. The van der Waals surface area contributed by atoms with Gasteiger partial charge in [0.25, 0.3) is 0 Å². The number of nitrogens with one attached hydrogen (secondary N) is 2. The number of ether oxygens (including phenoxy) is 1. The van der Waals surface area contributed by atoms with Gasteiger partial charge in [0, 0.05) is 19.0 Å². The fraction of sp³-hybridized carbons (Fsp3) is 0.800. The first-order valence-electron chi connectivity index (χ1n) is 5.22. The summed E-state index contributed by atoms with van der Waals surface area (Å²) >= 11 is 0. The first kappa shape index (κ1) is 12.8. The number of carboxylic acid groups (broad SMARTS) is 1. The van der Waals surface area contributed by atoms with Crippen LogP contribution in [-0.4, -0.2) is 41.9 Å². The summed E-state index contributed by atoms with van der Waals surface area (Å²) in [5.41, 5.74) is -0.620. The Bertz CT molecular complexity index is 281. The van der Waals surface area contributed by atoms with E-state index >= 15 is 0 Å². The Morgan fingerprint density at radius 3 is 2.31 bits per heavy atom. The Balaban J connectivity index is 2.48. The number of alkyl carbamates (subject to hydrolysis) is 1. The number of hydrogen-bond acceptors (Lipinski definition) is 4. The maximum atomic E-state index is 11.4. The lowest BCUT2D eigenvalue weighted by Gasteiger charge is -2.33. The normalized spacial score (nSPS) is 18.4. The molecule has 92 valence electrons. The minimum atomic E-state index is -1.03.